The highest BCUT2D eigenvalue weighted by Crippen LogP contribution is 2.54. The number of rotatable bonds is 9. The maximum atomic E-state index is 2.70. The quantitative estimate of drug-likeness (QED) is 0.105. The molecule has 0 atom stereocenters. The first-order chi connectivity index (χ1) is 46.6. The Balaban J connectivity index is 1.04. The van der Waals surface area contributed by atoms with Gasteiger partial charge in [0, 0.05) is 54.6 Å². The number of para-hydroxylation sites is 2. The molecule has 13 aromatic carbocycles. The number of nitrogens with zero attached hydrogens (tertiary/aromatic N) is 3. The third-order valence-electron chi connectivity index (χ3n) is 20.8. The van der Waals surface area contributed by atoms with Gasteiger partial charge in [-0.05, 0) is 212 Å². The lowest BCUT2D eigenvalue weighted by Crippen LogP contribution is -2.60. The summed E-state index contributed by atoms with van der Waals surface area (Å²) in [5.74, 6) is 0. The van der Waals surface area contributed by atoms with Crippen molar-refractivity contribution in [2.24, 2.45) is 0 Å². The monoisotopic (exact) mass is 1270 g/mol. The molecule has 2 aliphatic rings. The van der Waals surface area contributed by atoms with Crippen LogP contribution in [0, 0.1) is 0 Å². The second-order valence-corrected chi connectivity index (χ2v) is 32.3. The molecule has 3 heterocycles. The first kappa shape index (κ1) is 61.9. The molecular weight excluding hydrogens is 1190 g/mol. The SMILES string of the molecule is CCc1ccc2c(c1)B1c3sc4ccc(C(C)(C)C)cc4c3N(c3ccc(-c4ccc(C(C)(C)C)cc4)c(-c4ccc(C(C)(C)C)cc4)c3)c3cc(N(c4ccccc4)c4ccccc4)cc(c31)N2c1ccc(C(C)(C)C)cc1-c1ccc2c3ccccc3c3ccccc3c2c1. The standard InChI is InChI=1S/C92H84BN3S/c1-14-58-33-48-82-80(51-58)93-86-83(95(87-79-54-65(92(11,12)13)44-50-85(79)97-88(87)93)68-45-47-70(59-34-39-62(40-35-59)89(2,3)4)76(55-68)60-36-41-63(42-37-60)90(5,6)7)56-69(94(66-25-17-15-18-26-66)67-27-19-16-20-28-67)57-84(86)96(82)81-49-43-64(91(8,9)10)53-77(81)61-38-46-75-73-31-22-21-29-71(73)72-30-23-24-32-74(72)78(75)52-61/h15-57H,14H2,1-13H3. The Hall–Kier alpha value is -9.94. The Morgan fingerprint density at radius 2 is 0.825 bits per heavy atom. The molecule has 5 heteroatoms. The first-order valence-electron chi connectivity index (χ1n) is 34.8. The molecule has 0 aliphatic carbocycles. The lowest BCUT2D eigenvalue weighted by molar-refractivity contribution is 0.590. The van der Waals surface area contributed by atoms with Crippen LogP contribution in [0.1, 0.15) is 118 Å². The Morgan fingerprint density at radius 1 is 0.340 bits per heavy atom. The van der Waals surface area contributed by atoms with Crippen molar-refractivity contribution in [3.05, 3.63) is 289 Å². The summed E-state index contributed by atoms with van der Waals surface area (Å²) in [7, 11) is 0. The summed E-state index contributed by atoms with van der Waals surface area (Å²) in [5, 5.41) is 8.88. The minimum Gasteiger partial charge on any atom is -0.311 e. The van der Waals surface area contributed by atoms with Crippen LogP contribution >= 0.6 is 11.3 Å². The smallest absolute Gasteiger partial charge is 0.264 e. The van der Waals surface area contributed by atoms with Gasteiger partial charge in [0.15, 0.2) is 0 Å². The van der Waals surface area contributed by atoms with Gasteiger partial charge in [0.05, 0.1) is 17.1 Å². The van der Waals surface area contributed by atoms with Crippen LogP contribution in [-0.4, -0.2) is 6.71 Å². The number of hydrogen-bond acceptors (Lipinski definition) is 4. The van der Waals surface area contributed by atoms with Gasteiger partial charge >= 0.3 is 0 Å². The summed E-state index contributed by atoms with van der Waals surface area (Å²) < 4.78 is 2.64. The molecule has 3 nitrogen and oxygen atoms in total. The molecule has 0 bridgehead atoms. The summed E-state index contributed by atoms with van der Waals surface area (Å²) in [6.45, 7) is 30.2. The van der Waals surface area contributed by atoms with Gasteiger partial charge in [0.1, 0.15) is 0 Å². The van der Waals surface area contributed by atoms with Crippen LogP contribution in [0.15, 0.2) is 261 Å². The van der Waals surface area contributed by atoms with Crippen molar-refractivity contribution in [2.75, 3.05) is 14.7 Å². The van der Waals surface area contributed by atoms with Crippen LogP contribution in [0.2, 0.25) is 0 Å². The summed E-state index contributed by atoms with van der Waals surface area (Å²) >= 11 is 1.98. The van der Waals surface area contributed by atoms with Crippen molar-refractivity contribution < 1.29 is 0 Å². The zero-order valence-electron chi connectivity index (χ0n) is 58.4. The molecule has 2 aliphatic heterocycles. The number of benzene rings is 13. The van der Waals surface area contributed by atoms with Crippen molar-refractivity contribution in [1.82, 2.24) is 0 Å². The predicted molar refractivity (Wildman–Crippen MR) is 424 cm³/mol. The van der Waals surface area contributed by atoms with Crippen molar-refractivity contribution >= 4 is 127 Å². The van der Waals surface area contributed by atoms with Crippen molar-refractivity contribution in [2.45, 2.75) is 118 Å². The normalized spacial score (nSPS) is 13.2. The number of thiophene rings is 1. The van der Waals surface area contributed by atoms with Gasteiger partial charge in [0.2, 0.25) is 0 Å². The molecule has 0 amide bonds. The van der Waals surface area contributed by atoms with Gasteiger partial charge in [-0.25, -0.2) is 0 Å². The van der Waals surface area contributed by atoms with E-state index in [4.69, 9.17) is 0 Å². The van der Waals surface area contributed by atoms with Gasteiger partial charge in [-0.1, -0.05) is 266 Å². The predicted octanol–water partition coefficient (Wildman–Crippen LogP) is 24.7. The molecule has 16 rings (SSSR count). The van der Waals surface area contributed by atoms with E-state index < -0.39 is 0 Å². The Labute approximate surface area is 578 Å². The van der Waals surface area contributed by atoms with E-state index in [1.807, 2.05) is 11.3 Å². The van der Waals surface area contributed by atoms with Gasteiger partial charge in [0.25, 0.3) is 6.71 Å². The number of fused-ring (bicyclic) bond motifs is 12. The zero-order chi connectivity index (χ0) is 67.0. The summed E-state index contributed by atoms with van der Waals surface area (Å²) in [5.41, 5.74) is 26.4. The Bertz CT molecular complexity index is 5350. The van der Waals surface area contributed by atoms with Crippen LogP contribution in [0.3, 0.4) is 0 Å². The van der Waals surface area contributed by atoms with Crippen LogP contribution in [0.4, 0.5) is 51.2 Å². The highest BCUT2D eigenvalue weighted by molar-refractivity contribution is 7.33. The van der Waals surface area contributed by atoms with E-state index in [1.54, 1.807) is 0 Å². The molecular formula is C92H84BN3S. The van der Waals surface area contributed by atoms with Crippen LogP contribution in [0.5, 0.6) is 0 Å². The Morgan fingerprint density at radius 3 is 1.39 bits per heavy atom. The van der Waals surface area contributed by atoms with Crippen molar-refractivity contribution in [1.29, 1.82) is 0 Å². The maximum absolute atomic E-state index is 2.70. The average molecular weight is 1270 g/mol. The Kier molecular flexibility index (Phi) is 14.8. The number of hydrogen-bond donors (Lipinski definition) is 0. The molecule has 476 valence electrons. The van der Waals surface area contributed by atoms with Gasteiger partial charge in [-0.2, -0.15) is 0 Å². The summed E-state index contributed by atoms with van der Waals surface area (Å²) in [6.07, 6.45) is 0.915. The summed E-state index contributed by atoms with van der Waals surface area (Å²) in [4.78, 5) is 7.85. The first-order valence-corrected chi connectivity index (χ1v) is 35.6. The topological polar surface area (TPSA) is 9.72 Å². The third kappa shape index (κ3) is 10.6. The van der Waals surface area contributed by atoms with E-state index in [9.17, 15) is 0 Å². The van der Waals surface area contributed by atoms with Gasteiger partial charge in [-0.3, -0.25) is 0 Å². The van der Waals surface area contributed by atoms with Crippen molar-refractivity contribution in [3.63, 3.8) is 0 Å². The molecule has 0 saturated carbocycles. The third-order valence-corrected chi connectivity index (χ3v) is 22.0. The lowest BCUT2D eigenvalue weighted by Gasteiger charge is -2.44. The maximum Gasteiger partial charge on any atom is 0.264 e. The van der Waals surface area contributed by atoms with E-state index in [0.29, 0.717) is 0 Å². The fourth-order valence-electron chi connectivity index (χ4n) is 15.4. The fraction of sp³-hybridized carbons (Fsp3) is 0.196. The molecule has 0 N–H and O–H groups in total. The molecule has 0 spiro atoms. The van der Waals surface area contributed by atoms with E-state index in [1.165, 1.54) is 131 Å². The van der Waals surface area contributed by atoms with Crippen LogP contribution < -0.4 is 30.4 Å². The van der Waals surface area contributed by atoms with E-state index >= 15 is 0 Å². The molecule has 0 unspecified atom stereocenters. The average Bonchev–Trinajstić information content (AvgIpc) is 1.67. The molecule has 97 heavy (non-hydrogen) atoms. The molecule has 1 aromatic heterocycles. The second-order valence-electron chi connectivity index (χ2n) is 31.2. The van der Waals surface area contributed by atoms with Crippen LogP contribution in [0.25, 0.3) is 75.8 Å². The fourth-order valence-corrected chi connectivity index (χ4v) is 16.7. The molecule has 0 radical (unpaired) electrons. The minimum absolute atomic E-state index is 0.00433. The largest absolute Gasteiger partial charge is 0.311 e. The van der Waals surface area contributed by atoms with E-state index in [-0.39, 0.29) is 28.4 Å². The second kappa shape index (κ2) is 23.1. The zero-order valence-corrected chi connectivity index (χ0v) is 59.2. The lowest BCUT2D eigenvalue weighted by atomic mass is 9.36. The summed E-state index contributed by atoms with van der Waals surface area (Å²) in [6, 6.07) is 101. The van der Waals surface area contributed by atoms with E-state index in [2.05, 4.69) is 366 Å². The molecule has 14 aromatic rings. The van der Waals surface area contributed by atoms with Gasteiger partial charge < -0.3 is 14.7 Å². The highest BCUT2D eigenvalue weighted by atomic mass is 32.1. The highest BCUT2D eigenvalue weighted by Gasteiger charge is 2.47. The van der Waals surface area contributed by atoms with E-state index in [0.717, 1.165) is 46.2 Å². The molecule has 0 fully saturated rings. The van der Waals surface area contributed by atoms with Gasteiger partial charge in [-0.15, -0.1) is 11.3 Å². The minimum atomic E-state index is -0.136. The number of aryl methyl sites for hydroxylation is 1. The van der Waals surface area contributed by atoms with Crippen molar-refractivity contribution in [3.8, 4) is 33.4 Å². The molecule has 0 saturated heterocycles. The van der Waals surface area contributed by atoms with Crippen LogP contribution in [-0.2, 0) is 28.1 Å². The number of anilines is 9.